The Morgan fingerprint density at radius 3 is 0.571 bits per heavy atom. The predicted molar refractivity (Wildman–Crippen MR) is 63.1 cm³/mol. The molecule has 0 spiro atoms. The molecule has 0 rings (SSSR count). The third-order valence-electron chi connectivity index (χ3n) is 0. The Kier molecular flexibility index (Phi) is 318. The van der Waals surface area contributed by atoms with Crippen LogP contribution in [0.25, 0.3) is 0 Å². The summed E-state index contributed by atoms with van der Waals surface area (Å²) >= 11 is 0. The molecule has 0 N–H and O–H groups in total. The van der Waals surface area contributed by atoms with Crippen molar-refractivity contribution < 1.29 is 48.0 Å². The Balaban J connectivity index is 0. The Hall–Kier alpha value is 5.65. The molecule has 0 aromatic rings. The molecule has 0 radical (unpaired) electrons. The third kappa shape index (κ3) is 34.0. The van der Waals surface area contributed by atoms with Gasteiger partial charge in [0.1, 0.15) is 0 Å². The van der Waals surface area contributed by atoms with Crippen molar-refractivity contribution >= 4 is 131 Å². The second kappa shape index (κ2) is 41.4. The minimum Gasteiger partial charge on any atom is -1.00 e. The molecule has 0 aliphatic heterocycles. The van der Waals surface area contributed by atoms with E-state index in [-0.39, 0.29) is 179 Å². The van der Waals surface area contributed by atoms with E-state index in [1.807, 2.05) is 0 Å². The molecule has 7 heavy (non-hydrogen) atoms. The summed E-state index contributed by atoms with van der Waals surface area (Å²) in [6.07, 6.45) is 0. The number of halogens is 5. The van der Waals surface area contributed by atoms with Crippen LogP contribution in [-0.2, 0) is 0 Å². The van der Waals surface area contributed by atoms with Crippen molar-refractivity contribution in [3.8, 4) is 0 Å². The smallest absolute Gasteiger partial charge is 1.00 e. The summed E-state index contributed by atoms with van der Waals surface area (Å²) in [6, 6.07) is 0. The summed E-state index contributed by atoms with van der Waals surface area (Å²) < 4.78 is 0. The molecule has 0 aromatic heterocycles. The molecule has 0 aliphatic rings. The Morgan fingerprint density at radius 1 is 0.571 bits per heavy atom. The second-order valence-electron chi connectivity index (χ2n) is 0. The molecule has 0 amide bonds. The van der Waals surface area contributed by atoms with Crippen molar-refractivity contribution in [2.75, 3.05) is 0 Å². The number of rotatable bonds is 0. The van der Waals surface area contributed by atoms with Gasteiger partial charge in [0, 0.05) is 0 Å². The van der Waals surface area contributed by atoms with Crippen molar-refractivity contribution in [1.29, 1.82) is 0 Å². The molecular weight excluding hydrogens is 803 g/mol. The largest absolute Gasteiger partial charge is 2.00 e. The van der Waals surface area contributed by atoms with Crippen LogP contribution >= 0.6 is 81.8 Å². The molecule has 1 atom stereocenters. The summed E-state index contributed by atoms with van der Waals surface area (Å²) in [4.78, 5) is 0. The topological polar surface area (TPSA) is 0 Å². The Labute approximate surface area is 173 Å². The van der Waals surface area contributed by atoms with E-state index in [0.29, 0.717) is 0 Å². The van der Waals surface area contributed by atoms with Crippen LogP contribution in [0.5, 0.6) is 0 Å². The maximum Gasteiger partial charge on any atom is 2.00 e. The first-order valence-electron chi connectivity index (χ1n) is 0. The van der Waals surface area contributed by atoms with Crippen LogP contribution in [0.2, 0.25) is 0 Å². The number of hydrogen-bond donors (Lipinski definition) is 0. The van der Waals surface area contributed by atoms with Gasteiger partial charge in [0.15, 0.2) is 0 Å². The fraction of sp³-hybridized carbons (Fsp3) is 0. The molecular formula is H6BaI5P. The Bertz CT molecular complexity index is 8.04. The average molecular weight is 809 g/mol. The monoisotopic (exact) mass is 809 g/mol. The molecule has 1 unspecified atom stereocenters. The van der Waals surface area contributed by atoms with Gasteiger partial charge in [-0.25, -0.2) is 0 Å². The molecule has 0 saturated carbocycles. The number of hydrogen-bond acceptors (Lipinski definition) is 0. The van der Waals surface area contributed by atoms with Gasteiger partial charge >= 0.3 is 48.9 Å². The van der Waals surface area contributed by atoms with Crippen molar-refractivity contribution in [1.82, 2.24) is 0 Å². The molecule has 0 bridgehead atoms. The van der Waals surface area contributed by atoms with Gasteiger partial charge < -0.3 is 48.0 Å². The summed E-state index contributed by atoms with van der Waals surface area (Å²) in [5, 5.41) is 0. The van der Waals surface area contributed by atoms with Gasteiger partial charge in [0.2, 0.25) is 0 Å². The van der Waals surface area contributed by atoms with Crippen molar-refractivity contribution in [2.45, 2.75) is 0 Å². The van der Waals surface area contributed by atoms with Gasteiger partial charge in [0.05, 0.1) is 0 Å². The average Bonchev–Trinajstić information content (AvgIpc) is 0. The fourth-order valence-electron chi connectivity index (χ4n) is 0. The van der Waals surface area contributed by atoms with E-state index >= 15 is 0 Å². The normalized spacial score (nSPS) is 0. The quantitative estimate of drug-likeness (QED) is 0.132. The van der Waals surface area contributed by atoms with Crippen molar-refractivity contribution in [3.63, 3.8) is 0 Å². The Morgan fingerprint density at radius 2 is 0.571 bits per heavy atom. The van der Waals surface area contributed by atoms with E-state index in [4.69, 9.17) is 0 Å². The minimum atomic E-state index is 0. The van der Waals surface area contributed by atoms with Crippen LogP contribution in [-0.4, -0.2) is 48.9 Å². The summed E-state index contributed by atoms with van der Waals surface area (Å²) in [6.45, 7) is 0. The van der Waals surface area contributed by atoms with Crippen LogP contribution in [0.15, 0.2) is 0 Å². The van der Waals surface area contributed by atoms with Gasteiger partial charge in [-0.3, -0.25) is 0 Å². The van der Waals surface area contributed by atoms with Gasteiger partial charge in [-0.2, -0.15) is 9.90 Å². The molecule has 7 heteroatoms. The van der Waals surface area contributed by atoms with Crippen LogP contribution in [0, 0.1) is 0 Å². The molecule has 0 saturated heterocycles. The molecule has 0 nitrogen and oxygen atoms in total. The molecule has 0 fully saturated rings. The van der Waals surface area contributed by atoms with Gasteiger partial charge in [-0.1, -0.05) is 0 Å². The predicted octanol–water partition coefficient (Wildman–Crippen LogP) is -4.46. The van der Waals surface area contributed by atoms with E-state index in [2.05, 4.69) is 0 Å². The van der Waals surface area contributed by atoms with E-state index in [9.17, 15) is 0 Å². The zero-order chi connectivity index (χ0) is 0. The molecule has 48 valence electrons. The SMILES string of the molecule is I.I.I.P.[Ba+2].[I-].[I-]. The molecule has 0 aromatic carbocycles. The minimum absolute atomic E-state index is 0. The van der Waals surface area contributed by atoms with Crippen molar-refractivity contribution in [3.05, 3.63) is 0 Å². The van der Waals surface area contributed by atoms with Crippen molar-refractivity contribution in [2.24, 2.45) is 0 Å². The molecule has 0 aliphatic carbocycles. The molecule has 0 heterocycles. The zero-order valence-corrected chi connectivity index (χ0v) is 20.6. The van der Waals surface area contributed by atoms with E-state index in [1.54, 1.807) is 0 Å². The first kappa shape index (κ1) is 53.8. The zero-order valence-electron chi connectivity index (χ0n) is 3.39. The van der Waals surface area contributed by atoms with Crippen LogP contribution in [0.4, 0.5) is 0 Å². The first-order valence-corrected chi connectivity index (χ1v) is 0. The van der Waals surface area contributed by atoms with Crippen LogP contribution in [0.3, 0.4) is 0 Å². The van der Waals surface area contributed by atoms with Gasteiger partial charge in [-0.05, 0) is 0 Å². The summed E-state index contributed by atoms with van der Waals surface area (Å²) in [5.41, 5.74) is 0. The standard InChI is InChI=1S/Ba.5HI.H3P/h;5*1H;1H3/q+2;;;;;;/p-2. The van der Waals surface area contributed by atoms with E-state index in [0.717, 1.165) is 0 Å². The fourth-order valence-corrected chi connectivity index (χ4v) is 0. The van der Waals surface area contributed by atoms with Gasteiger partial charge in [0.25, 0.3) is 0 Å². The van der Waals surface area contributed by atoms with Crippen LogP contribution < -0.4 is 48.0 Å². The maximum absolute atomic E-state index is 0. The van der Waals surface area contributed by atoms with E-state index in [1.165, 1.54) is 0 Å². The van der Waals surface area contributed by atoms with Gasteiger partial charge in [-0.15, -0.1) is 71.9 Å². The van der Waals surface area contributed by atoms with E-state index < -0.39 is 0 Å². The second-order valence-corrected chi connectivity index (χ2v) is 0. The first-order chi connectivity index (χ1) is 0. The van der Waals surface area contributed by atoms with Crippen LogP contribution in [0.1, 0.15) is 0 Å². The third-order valence-corrected chi connectivity index (χ3v) is 0. The summed E-state index contributed by atoms with van der Waals surface area (Å²) in [5.74, 6) is 0. The summed E-state index contributed by atoms with van der Waals surface area (Å²) in [7, 11) is 0. The maximum atomic E-state index is 0.